The van der Waals surface area contributed by atoms with Gasteiger partial charge >= 0.3 is 0 Å². The van der Waals surface area contributed by atoms with Gasteiger partial charge in [0.1, 0.15) is 0 Å². The predicted octanol–water partition coefficient (Wildman–Crippen LogP) is 1.71. The van der Waals surface area contributed by atoms with Crippen LogP contribution >= 0.6 is 0 Å². The van der Waals surface area contributed by atoms with Gasteiger partial charge in [-0.2, -0.15) is 0 Å². The number of hydrogen-bond donors (Lipinski definition) is 2. The maximum absolute atomic E-state index is 8.92. The van der Waals surface area contributed by atoms with Crippen LogP contribution in [-0.2, 0) is 0 Å². The van der Waals surface area contributed by atoms with E-state index in [-0.39, 0.29) is 6.61 Å². The Hall–Kier alpha value is -0.120. The lowest BCUT2D eigenvalue weighted by atomic mass is 9.85. The molecule has 102 valence electrons. The van der Waals surface area contributed by atoms with Crippen LogP contribution in [0.4, 0.5) is 0 Å². The number of aliphatic hydroxyl groups excluding tert-OH is 1. The Labute approximate surface area is 107 Å². The van der Waals surface area contributed by atoms with Crippen LogP contribution in [0.2, 0.25) is 0 Å². The van der Waals surface area contributed by atoms with Crippen molar-refractivity contribution in [3.8, 4) is 0 Å². The minimum absolute atomic E-state index is 0.242. The van der Waals surface area contributed by atoms with Crippen LogP contribution in [0.25, 0.3) is 0 Å². The maximum atomic E-state index is 8.92. The lowest BCUT2D eigenvalue weighted by molar-refractivity contribution is 0.0810. The van der Waals surface area contributed by atoms with Gasteiger partial charge in [0, 0.05) is 31.7 Å². The molecule has 17 heavy (non-hydrogen) atoms. The van der Waals surface area contributed by atoms with Crippen molar-refractivity contribution in [2.45, 2.75) is 52.6 Å². The largest absolute Gasteiger partial charge is 0.395 e. The SMILES string of the molecule is CCC(C)N1CC(NCCO)CC(C(C)C)C1. The molecule has 0 aromatic heterocycles. The summed E-state index contributed by atoms with van der Waals surface area (Å²) in [6.07, 6.45) is 2.47. The van der Waals surface area contributed by atoms with E-state index >= 15 is 0 Å². The predicted molar refractivity (Wildman–Crippen MR) is 73.1 cm³/mol. The number of piperidine rings is 1. The fourth-order valence-corrected chi connectivity index (χ4v) is 2.69. The van der Waals surface area contributed by atoms with E-state index in [1.807, 2.05) is 0 Å². The van der Waals surface area contributed by atoms with Gasteiger partial charge in [0.05, 0.1) is 6.61 Å². The highest BCUT2D eigenvalue weighted by molar-refractivity contribution is 4.86. The summed E-state index contributed by atoms with van der Waals surface area (Å²) in [4.78, 5) is 2.61. The van der Waals surface area contributed by atoms with Crippen LogP contribution < -0.4 is 5.32 Å². The molecule has 3 nitrogen and oxygen atoms in total. The smallest absolute Gasteiger partial charge is 0.0556 e. The van der Waals surface area contributed by atoms with E-state index in [0.29, 0.717) is 12.1 Å². The third kappa shape index (κ3) is 4.57. The molecule has 1 saturated heterocycles. The molecule has 0 amide bonds. The minimum Gasteiger partial charge on any atom is -0.395 e. The molecule has 0 aromatic rings. The topological polar surface area (TPSA) is 35.5 Å². The van der Waals surface area contributed by atoms with Crippen LogP contribution in [0.5, 0.6) is 0 Å². The highest BCUT2D eigenvalue weighted by atomic mass is 16.3. The molecule has 0 bridgehead atoms. The van der Waals surface area contributed by atoms with Crippen LogP contribution in [0.15, 0.2) is 0 Å². The Morgan fingerprint density at radius 2 is 2.00 bits per heavy atom. The second-order valence-electron chi connectivity index (χ2n) is 5.83. The Morgan fingerprint density at radius 1 is 1.29 bits per heavy atom. The average molecular weight is 242 g/mol. The molecule has 1 rings (SSSR count). The van der Waals surface area contributed by atoms with Crippen LogP contribution in [0.3, 0.4) is 0 Å². The second-order valence-corrected chi connectivity index (χ2v) is 5.83. The molecule has 1 aliphatic rings. The van der Waals surface area contributed by atoms with Crippen molar-refractivity contribution in [3.63, 3.8) is 0 Å². The number of rotatable bonds is 6. The van der Waals surface area contributed by atoms with Gasteiger partial charge in [-0.3, -0.25) is 4.90 Å². The van der Waals surface area contributed by atoms with Crippen molar-refractivity contribution in [1.29, 1.82) is 0 Å². The molecule has 3 unspecified atom stereocenters. The highest BCUT2D eigenvalue weighted by Crippen LogP contribution is 2.25. The van der Waals surface area contributed by atoms with Crippen molar-refractivity contribution in [3.05, 3.63) is 0 Å². The summed E-state index contributed by atoms with van der Waals surface area (Å²) in [5.41, 5.74) is 0. The van der Waals surface area contributed by atoms with Crippen LogP contribution in [0, 0.1) is 11.8 Å². The van der Waals surface area contributed by atoms with Crippen LogP contribution in [-0.4, -0.2) is 48.3 Å². The summed E-state index contributed by atoms with van der Waals surface area (Å²) < 4.78 is 0. The quantitative estimate of drug-likeness (QED) is 0.744. The summed E-state index contributed by atoms with van der Waals surface area (Å²) in [7, 11) is 0. The molecule has 3 heteroatoms. The summed E-state index contributed by atoms with van der Waals surface area (Å²) >= 11 is 0. The Morgan fingerprint density at radius 3 is 2.53 bits per heavy atom. The van der Waals surface area contributed by atoms with Crippen molar-refractivity contribution < 1.29 is 5.11 Å². The Kier molecular flexibility index (Phi) is 6.45. The number of aliphatic hydroxyl groups is 1. The molecule has 1 fully saturated rings. The molecule has 0 aliphatic carbocycles. The standard InChI is InChI=1S/C14H30N2O/c1-5-12(4)16-9-13(11(2)3)8-14(10-16)15-6-7-17/h11-15,17H,5-10H2,1-4H3. The minimum atomic E-state index is 0.242. The lowest BCUT2D eigenvalue weighted by Crippen LogP contribution is -2.53. The number of nitrogens with one attached hydrogen (secondary N) is 1. The first-order chi connectivity index (χ1) is 8.08. The lowest BCUT2D eigenvalue weighted by Gasteiger charge is -2.42. The molecule has 0 aromatic carbocycles. The van der Waals surface area contributed by atoms with Gasteiger partial charge in [0.15, 0.2) is 0 Å². The van der Waals surface area contributed by atoms with E-state index in [0.717, 1.165) is 24.9 Å². The van der Waals surface area contributed by atoms with E-state index < -0.39 is 0 Å². The van der Waals surface area contributed by atoms with Crippen molar-refractivity contribution in [2.75, 3.05) is 26.2 Å². The van der Waals surface area contributed by atoms with Gasteiger partial charge in [-0.1, -0.05) is 20.8 Å². The van der Waals surface area contributed by atoms with E-state index in [1.165, 1.54) is 19.4 Å². The van der Waals surface area contributed by atoms with E-state index in [2.05, 4.69) is 37.9 Å². The third-order valence-electron chi connectivity index (χ3n) is 4.21. The molecule has 0 radical (unpaired) electrons. The summed E-state index contributed by atoms with van der Waals surface area (Å²) in [5, 5.41) is 12.4. The average Bonchev–Trinajstić information content (AvgIpc) is 2.34. The number of nitrogens with zero attached hydrogens (tertiary/aromatic N) is 1. The summed E-state index contributed by atoms with van der Waals surface area (Å²) in [5.74, 6) is 1.54. The molecule has 0 saturated carbocycles. The molecule has 1 heterocycles. The molecule has 1 aliphatic heterocycles. The first-order valence-corrected chi connectivity index (χ1v) is 7.16. The van der Waals surface area contributed by atoms with E-state index in [1.54, 1.807) is 0 Å². The highest BCUT2D eigenvalue weighted by Gasteiger charge is 2.30. The zero-order chi connectivity index (χ0) is 12.8. The number of hydrogen-bond acceptors (Lipinski definition) is 3. The normalized spacial score (nSPS) is 28.6. The van der Waals surface area contributed by atoms with Crippen LogP contribution in [0.1, 0.15) is 40.5 Å². The van der Waals surface area contributed by atoms with Gasteiger partial charge < -0.3 is 10.4 Å². The molecule has 2 N–H and O–H groups in total. The van der Waals surface area contributed by atoms with Gasteiger partial charge in [-0.25, -0.2) is 0 Å². The number of likely N-dealkylation sites (tertiary alicyclic amines) is 1. The van der Waals surface area contributed by atoms with Crippen molar-refractivity contribution in [2.24, 2.45) is 11.8 Å². The monoisotopic (exact) mass is 242 g/mol. The second kappa shape index (κ2) is 7.34. The Balaban J connectivity index is 2.55. The van der Waals surface area contributed by atoms with E-state index in [4.69, 9.17) is 5.11 Å². The summed E-state index contributed by atoms with van der Waals surface area (Å²) in [6, 6.07) is 1.23. The molecular weight excluding hydrogens is 212 g/mol. The molecular formula is C14H30N2O. The van der Waals surface area contributed by atoms with Crippen molar-refractivity contribution >= 4 is 0 Å². The first kappa shape index (κ1) is 14.9. The molecule has 0 spiro atoms. The summed E-state index contributed by atoms with van der Waals surface area (Å²) in [6.45, 7) is 12.6. The fourth-order valence-electron chi connectivity index (χ4n) is 2.69. The van der Waals surface area contributed by atoms with E-state index in [9.17, 15) is 0 Å². The Bertz CT molecular complexity index is 208. The molecule has 3 atom stereocenters. The zero-order valence-electron chi connectivity index (χ0n) is 11.9. The fraction of sp³-hybridized carbons (Fsp3) is 1.00. The third-order valence-corrected chi connectivity index (χ3v) is 4.21. The zero-order valence-corrected chi connectivity index (χ0v) is 11.9. The van der Waals surface area contributed by atoms with Gasteiger partial charge in [-0.15, -0.1) is 0 Å². The van der Waals surface area contributed by atoms with Gasteiger partial charge in [-0.05, 0) is 31.6 Å². The van der Waals surface area contributed by atoms with Gasteiger partial charge in [0.2, 0.25) is 0 Å². The van der Waals surface area contributed by atoms with Gasteiger partial charge in [0.25, 0.3) is 0 Å². The van der Waals surface area contributed by atoms with Crippen molar-refractivity contribution in [1.82, 2.24) is 10.2 Å². The first-order valence-electron chi connectivity index (χ1n) is 7.16. The maximum Gasteiger partial charge on any atom is 0.0556 e.